The number of rotatable bonds is 7. The predicted octanol–water partition coefficient (Wildman–Crippen LogP) is 3.76. The molecule has 14 heteroatoms. The Morgan fingerprint density at radius 2 is 2.00 bits per heavy atom. The van der Waals surface area contributed by atoms with Gasteiger partial charge in [-0.1, -0.05) is 11.6 Å². The maximum Gasteiger partial charge on any atom is 0.413 e. The van der Waals surface area contributed by atoms with Gasteiger partial charge in [-0.2, -0.15) is 18.2 Å². The molecule has 1 aliphatic rings. The number of alkyl halides is 3. The highest BCUT2D eigenvalue weighted by molar-refractivity contribution is 6.32. The van der Waals surface area contributed by atoms with Gasteiger partial charge in [-0.05, 0) is 13.0 Å². The van der Waals surface area contributed by atoms with E-state index < -0.39 is 54.1 Å². The van der Waals surface area contributed by atoms with E-state index in [4.69, 9.17) is 25.8 Å². The van der Waals surface area contributed by atoms with Crippen molar-refractivity contribution in [2.45, 2.75) is 19.5 Å². The molecule has 2 aromatic rings. The van der Waals surface area contributed by atoms with Crippen molar-refractivity contribution in [1.82, 2.24) is 9.97 Å². The number of imide groups is 1. The van der Waals surface area contributed by atoms with Gasteiger partial charge in [-0.15, -0.1) is 0 Å². The third-order valence-corrected chi connectivity index (χ3v) is 4.46. The standard InChI is InChI=1S/C20H14ClF4N3O6/c1-2-32-18(31)9-33-15-3-4-26-19(27-15)34-14-8-13(12(22)7-11(14)21)28-16(29)5-10(6-17(28)30)20(23,24)25/h3-5,7-8H,2,6,9H2,1H3. The molecular formula is C20H14ClF4N3O6. The van der Waals surface area contributed by atoms with Crippen molar-refractivity contribution in [1.29, 1.82) is 0 Å². The lowest BCUT2D eigenvalue weighted by molar-refractivity contribution is -0.145. The molecule has 180 valence electrons. The van der Waals surface area contributed by atoms with Crippen LogP contribution in [0.3, 0.4) is 0 Å². The number of hydrogen-bond acceptors (Lipinski definition) is 8. The Morgan fingerprint density at radius 1 is 1.26 bits per heavy atom. The molecule has 0 atom stereocenters. The summed E-state index contributed by atoms with van der Waals surface area (Å²) in [6.45, 7) is 1.32. The molecule has 1 aliphatic heterocycles. The molecule has 34 heavy (non-hydrogen) atoms. The highest BCUT2D eigenvalue weighted by atomic mass is 35.5. The van der Waals surface area contributed by atoms with Gasteiger partial charge in [0.25, 0.3) is 5.91 Å². The van der Waals surface area contributed by atoms with Crippen LogP contribution in [0.4, 0.5) is 23.2 Å². The number of nitrogens with zero attached hydrogens (tertiary/aromatic N) is 3. The molecule has 0 saturated carbocycles. The molecule has 0 aliphatic carbocycles. The van der Waals surface area contributed by atoms with Crippen LogP contribution in [0.15, 0.2) is 36.0 Å². The largest absolute Gasteiger partial charge is 0.465 e. The molecule has 0 N–H and O–H groups in total. The number of anilines is 1. The van der Waals surface area contributed by atoms with Crippen LogP contribution in [0, 0.1) is 5.82 Å². The van der Waals surface area contributed by atoms with Crippen molar-refractivity contribution in [3.8, 4) is 17.6 Å². The summed E-state index contributed by atoms with van der Waals surface area (Å²) in [5, 5.41) is -0.314. The van der Waals surface area contributed by atoms with Crippen LogP contribution in [-0.2, 0) is 19.1 Å². The van der Waals surface area contributed by atoms with E-state index in [0.717, 1.165) is 6.07 Å². The Morgan fingerprint density at radius 3 is 2.65 bits per heavy atom. The van der Waals surface area contributed by atoms with Crippen LogP contribution in [0.1, 0.15) is 13.3 Å². The van der Waals surface area contributed by atoms with Crippen LogP contribution in [0.25, 0.3) is 0 Å². The zero-order chi connectivity index (χ0) is 25.0. The zero-order valence-electron chi connectivity index (χ0n) is 17.2. The fourth-order valence-electron chi connectivity index (χ4n) is 2.72. The van der Waals surface area contributed by atoms with Gasteiger partial charge in [0, 0.05) is 30.0 Å². The number of hydrogen-bond donors (Lipinski definition) is 0. The smallest absolute Gasteiger partial charge is 0.413 e. The van der Waals surface area contributed by atoms with E-state index in [1.807, 2.05) is 0 Å². The van der Waals surface area contributed by atoms with E-state index in [1.54, 1.807) is 6.92 Å². The summed E-state index contributed by atoms with van der Waals surface area (Å²) in [7, 11) is 0. The average molecular weight is 504 g/mol. The molecule has 2 heterocycles. The minimum Gasteiger partial charge on any atom is -0.465 e. The van der Waals surface area contributed by atoms with Gasteiger partial charge < -0.3 is 14.2 Å². The molecule has 0 unspecified atom stereocenters. The number of carbonyl (C=O) groups is 3. The first-order valence-electron chi connectivity index (χ1n) is 9.42. The van der Waals surface area contributed by atoms with Crippen LogP contribution >= 0.6 is 11.6 Å². The second-order valence-corrected chi connectivity index (χ2v) is 6.93. The molecule has 1 aromatic carbocycles. The van der Waals surface area contributed by atoms with E-state index in [-0.39, 0.29) is 40.2 Å². The van der Waals surface area contributed by atoms with Crippen LogP contribution < -0.4 is 14.4 Å². The van der Waals surface area contributed by atoms with Crippen molar-refractivity contribution >= 4 is 35.1 Å². The normalized spacial score (nSPS) is 14.1. The van der Waals surface area contributed by atoms with E-state index >= 15 is 0 Å². The van der Waals surface area contributed by atoms with Gasteiger partial charge in [0.15, 0.2) is 12.4 Å². The first-order valence-corrected chi connectivity index (χ1v) is 9.80. The highest BCUT2D eigenvalue weighted by Crippen LogP contribution is 2.38. The van der Waals surface area contributed by atoms with Crippen molar-refractivity contribution in [3.63, 3.8) is 0 Å². The monoisotopic (exact) mass is 503 g/mol. The Labute approximate surface area is 193 Å². The minimum atomic E-state index is -4.89. The van der Waals surface area contributed by atoms with Gasteiger partial charge in [0.2, 0.25) is 11.8 Å². The van der Waals surface area contributed by atoms with Crippen molar-refractivity contribution in [3.05, 3.63) is 46.9 Å². The Bertz CT molecular complexity index is 1170. The fraction of sp³-hybridized carbons (Fsp3) is 0.250. The summed E-state index contributed by atoms with van der Waals surface area (Å²) < 4.78 is 68.4. The summed E-state index contributed by atoms with van der Waals surface area (Å²) in [6, 6.07) is 2.49. The Kier molecular flexibility index (Phi) is 7.35. The number of amides is 2. The molecule has 0 spiro atoms. The second kappa shape index (κ2) is 10.0. The molecule has 2 amide bonds. The third-order valence-electron chi connectivity index (χ3n) is 4.17. The number of carbonyl (C=O) groups excluding carboxylic acids is 3. The summed E-state index contributed by atoms with van der Waals surface area (Å²) in [4.78, 5) is 43.7. The summed E-state index contributed by atoms with van der Waals surface area (Å²) >= 11 is 5.96. The summed E-state index contributed by atoms with van der Waals surface area (Å²) in [5.41, 5.74) is -2.03. The zero-order valence-corrected chi connectivity index (χ0v) is 17.9. The van der Waals surface area contributed by atoms with Crippen molar-refractivity contribution in [2.75, 3.05) is 18.1 Å². The maximum atomic E-state index is 14.5. The summed E-state index contributed by atoms with van der Waals surface area (Å²) in [5.74, 6) is -4.88. The van der Waals surface area contributed by atoms with E-state index in [2.05, 4.69) is 9.97 Å². The molecule has 0 radical (unpaired) electrons. The lowest BCUT2D eigenvalue weighted by Gasteiger charge is -2.26. The number of halogens is 5. The predicted molar refractivity (Wildman–Crippen MR) is 107 cm³/mol. The molecule has 0 saturated heterocycles. The van der Waals surface area contributed by atoms with E-state index in [1.165, 1.54) is 12.3 Å². The van der Waals surface area contributed by atoms with Gasteiger partial charge in [-0.25, -0.2) is 19.1 Å². The SMILES string of the molecule is CCOC(=O)COc1ccnc(Oc2cc(N3C(=O)C=C(C(F)(F)F)CC3=O)c(F)cc2Cl)n1. The van der Waals surface area contributed by atoms with Gasteiger partial charge in [0.05, 0.1) is 23.7 Å². The fourth-order valence-corrected chi connectivity index (χ4v) is 2.91. The van der Waals surface area contributed by atoms with Crippen LogP contribution in [-0.4, -0.2) is 47.1 Å². The number of esters is 1. The molecular weight excluding hydrogens is 490 g/mol. The quantitative estimate of drug-likeness (QED) is 0.319. The van der Waals surface area contributed by atoms with Crippen molar-refractivity contribution < 1.29 is 46.2 Å². The minimum absolute atomic E-state index is 0.0808. The first kappa shape index (κ1) is 24.9. The second-order valence-electron chi connectivity index (χ2n) is 6.52. The third kappa shape index (κ3) is 5.78. The molecule has 0 bridgehead atoms. The lowest BCUT2D eigenvalue weighted by atomic mass is 10.1. The molecule has 0 fully saturated rings. The molecule has 3 rings (SSSR count). The Balaban J connectivity index is 1.85. The molecule has 1 aromatic heterocycles. The van der Waals surface area contributed by atoms with Crippen molar-refractivity contribution in [2.24, 2.45) is 0 Å². The van der Waals surface area contributed by atoms with Crippen LogP contribution in [0.5, 0.6) is 17.6 Å². The van der Waals surface area contributed by atoms with Crippen LogP contribution in [0.2, 0.25) is 5.02 Å². The highest BCUT2D eigenvalue weighted by Gasteiger charge is 2.41. The topological polar surface area (TPSA) is 108 Å². The first-order chi connectivity index (χ1) is 16.0. The summed E-state index contributed by atoms with van der Waals surface area (Å²) in [6.07, 6.45) is -4.62. The average Bonchev–Trinajstić information content (AvgIpc) is 2.74. The molecule has 9 nitrogen and oxygen atoms in total. The van der Waals surface area contributed by atoms with Gasteiger partial charge in [0.1, 0.15) is 5.82 Å². The number of benzene rings is 1. The van der Waals surface area contributed by atoms with E-state index in [9.17, 15) is 31.9 Å². The number of aromatic nitrogens is 2. The van der Waals surface area contributed by atoms with E-state index in [0.29, 0.717) is 6.07 Å². The Hall–Kier alpha value is -3.74. The van der Waals surface area contributed by atoms with Gasteiger partial charge in [-0.3, -0.25) is 9.59 Å². The lowest BCUT2D eigenvalue weighted by Crippen LogP contribution is -2.41. The maximum absolute atomic E-state index is 14.5. The van der Waals surface area contributed by atoms with Gasteiger partial charge >= 0.3 is 18.2 Å². The number of ether oxygens (including phenoxy) is 3.